The van der Waals surface area contributed by atoms with Crippen LogP contribution in [-0.4, -0.2) is 21.6 Å². The molecule has 1 amide bonds. The van der Waals surface area contributed by atoms with Crippen LogP contribution in [0.1, 0.15) is 23.5 Å². The molecule has 122 valence electrons. The fraction of sp³-hybridized carbons (Fsp3) is 0.188. The average Bonchev–Trinajstić information content (AvgIpc) is 2.51. The van der Waals surface area contributed by atoms with Crippen LogP contribution in [0, 0.1) is 12.3 Å². The number of thioether (sulfide) groups is 1. The van der Waals surface area contributed by atoms with Gasteiger partial charge in [0.15, 0.2) is 5.16 Å². The van der Waals surface area contributed by atoms with Crippen molar-refractivity contribution in [2.75, 3.05) is 11.1 Å². The second-order valence-electron chi connectivity index (χ2n) is 5.10. The minimum Gasteiger partial charge on any atom is -0.310 e. The molecule has 0 saturated heterocycles. The number of nitrogens with one attached hydrogen (secondary N) is 2. The zero-order valence-electron chi connectivity index (χ0n) is 12.2. The van der Waals surface area contributed by atoms with E-state index in [4.69, 9.17) is 29.6 Å². The molecule has 8 heteroatoms. The molecule has 1 aromatic heterocycles. The summed E-state index contributed by atoms with van der Waals surface area (Å²) in [5.41, 5.74) is 0.716. The molecule has 0 aliphatic carbocycles. The highest BCUT2D eigenvalue weighted by Gasteiger charge is 2.32. The summed E-state index contributed by atoms with van der Waals surface area (Å²) < 4.78 is 0. The molecule has 2 heterocycles. The summed E-state index contributed by atoms with van der Waals surface area (Å²) in [5.74, 6) is 2.34. The van der Waals surface area contributed by atoms with E-state index in [-0.39, 0.29) is 23.7 Å². The molecule has 1 aliphatic rings. The van der Waals surface area contributed by atoms with Crippen molar-refractivity contribution in [3.63, 3.8) is 0 Å². The van der Waals surface area contributed by atoms with Gasteiger partial charge in [0, 0.05) is 22.4 Å². The van der Waals surface area contributed by atoms with Gasteiger partial charge in [0.2, 0.25) is 5.91 Å². The fourth-order valence-corrected chi connectivity index (χ4v) is 3.66. The number of H-pyrrole nitrogens is 1. The summed E-state index contributed by atoms with van der Waals surface area (Å²) in [6.07, 6.45) is 5.32. The number of hydrogen-bond acceptors (Lipinski definition) is 4. The second-order valence-corrected chi connectivity index (χ2v) is 6.90. The predicted octanol–water partition coefficient (Wildman–Crippen LogP) is 3.28. The molecule has 0 saturated carbocycles. The number of carbonyl (C=O) groups is 1. The highest BCUT2D eigenvalue weighted by Crippen LogP contribution is 2.38. The predicted molar refractivity (Wildman–Crippen MR) is 96.0 cm³/mol. The monoisotopic (exact) mass is 379 g/mol. The molecular formula is C16H11Cl2N3O2S. The van der Waals surface area contributed by atoms with Gasteiger partial charge in [-0.15, -0.1) is 6.42 Å². The summed E-state index contributed by atoms with van der Waals surface area (Å²) in [5, 5.41) is 3.89. The summed E-state index contributed by atoms with van der Waals surface area (Å²) in [4.78, 5) is 31.6. The van der Waals surface area contributed by atoms with Gasteiger partial charge >= 0.3 is 0 Å². The van der Waals surface area contributed by atoms with Crippen LogP contribution in [0.3, 0.4) is 0 Å². The lowest BCUT2D eigenvalue weighted by molar-refractivity contribution is -0.116. The van der Waals surface area contributed by atoms with E-state index < -0.39 is 5.92 Å². The van der Waals surface area contributed by atoms with Crippen LogP contribution < -0.4 is 10.9 Å². The number of amides is 1. The van der Waals surface area contributed by atoms with Crippen LogP contribution in [0.5, 0.6) is 0 Å². The van der Waals surface area contributed by atoms with E-state index in [0.717, 1.165) is 0 Å². The number of rotatable bonds is 3. The second kappa shape index (κ2) is 6.89. The van der Waals surface area contributed by atoms with E-state index in [9.17, 15) is 9.59 Å². The van der Waals surface area contributed by atoms with Crippen molar-refractivity contribution in [2.24, 2.45) is 0 Å². The van der Waals surface area contributed by atoms with Gasteiger partial charge in [-0.2, -0.15) is 0 Å². The Hall–Kier alpha value is -1.94. The van der Waals surface area contributed by atoms with Crippen LogP contribution in [-0.2, 0) is 4.79 Å². The number of aromatic nitrogens is 2. The van der Waals surface area contributed by atoms with E-state index in [1.54, 1.807) is 18.2 Å². The van der Waals surface area contributed by atoms with Crippen LogP contribution in [0.15, 0.2) is 28.2 Å². The first-order valence-electron chi connectivity index (χ1n) is 6.95. The van der Waals surface area contributed by atoms with Crippen LogP contribution in [0.2, 0.25) is 10.0 Å². The molecule has 2 aromatic rings. The molecule has 0 spiro atoms. The highest BCUT2D eigenvalue weighted by atomic mass is 35.5. The Morgan fingerprint density at radius 2 is 2.17 bits per heavy atom. The lowest BCUT2D eigenvalue weighted by Gasteiger charge is -2.25. The minimum atomic E-state index is -0.485. The zero-order chi connectivity index (χ0) is 17.3. The Bertz CT molecular complexity index is 921. The Balaban J connectivity index is 2.11. The number of fused-ring (bicyclic) bond motifs is 1. The number of carbonyl (C=O) groups excluding carboxylic acids is 1. The maximum absolute atomic E-state index is 12.5. The van der Waals surface area contributed by atoms with Crippen molar-refractivity contribution in [3.8, 4) is 12.3 Å². The van der Waals surface area contributed by atoms with E-state index in [1.165, 1.54) is 11.8 Å². The topological polar surface area (TPSA) is 74.8 Å². The molecule has 0 fully saturated rings. The quantitative estimate of drug-likeness (QED) is 0.487. The molecule has 1 aromatic carbocycles. The maximum atomic E-state index is 12.5. The van der Waals surface area contributed by atoms with Crippen LogP contribution in [0.25, 0.3) is 0 Å². The van der Waals surface area contributed by atoms with Crippen molar-refractivity contribution in [1.29, 1.82) is 0 Å². The summed E-state index contributed by atoms with van der Waals surface area (Å²) in [6.45, 7) is 0. The van der Waals surface area contributed by atoms with E-state index in [2.05, 4.69) is 21.2 Å². The van der Waals surface area contributed by atoms with Gasteiger partial charge in [0.1, 0.15) is 5.82 Å². The number of hydrogen-bond donors (Lipinski definition) is 2. The van der Waals surface area contributed by atoms with Gasteiger partial charge < -0.3 is 10.3 Å². The molecule has 1 atom stereocenters. The first-order valence-corrected chi connectivity index (χ1v) is 8.69. The number of nitrogens with zero attached hydrogens (tertiary/aromatic N) is 1. The van der Waals surface area contributed by atoms with E-state index >= 15 is 0 Å². The van der Waals surface area contributed by atoms with E-state index in [1.807, 2.05) is 0 Å². The normalized spacial score (nSPS) is 16.2. The Labute approximate surface area is 152 Å². The van der Waals surface area contributed by atoms with Gasteiger partial charge in [0.05, 0.1) is 11.3 Å². The van der Waals surface area contributed by atoms with Crippen molar-refractivity contribution >= 4 is 46.7 Å². The van der Waals surface area contributed by atoms with Crippen molar-refractivity contribution < 1.29 is 4.79 Å². The third-order valence-corrected chi connectivity index (χ3v) is 4.90. The Morgan fingerprint density at radius 3 is 2.88 bits per heavy atom. The van der Waals surface area contributed by atoms with Gasteiger partial charge in [-0.25, -0.2) is 4.98 Å². The number of anilines is 1. The average molecular weight is 380 g/mol. The third kappa shape index (κ3) is 3.29. The molecule has 0 radical (unpaired) electrons. The summed E-state index contributed by atoms with van der Waals surface area (Å²) in [6, 6.07) is 4.98. The third-order valence-electron chi connectivity index (χ3n) is 3.56. The molecule has 1 aliphatic heterocycles. The molecule has 3 rings (SSSR count). The van der Waals surface area contributed by atoms with Crippen molar-refractivity contribution in [1.82, 2.24) is 9.97 Å². The minimum absolute atomic E-state index is 0.107. The van der Waals surface area contributed by atoms with E-state index in [0.29, 0.717) is 32.1 Å². The lowest BCUT2D eigenvalue weighted by Crippen LogP contribution is -2.31. The summed E-state index contributed by atoms with van der Waals surface area (Å²) >= 11 is 13.4. The lowest BCUT2D eigenvalue weighted by atomic mass is 9.87. The summed E-state index contributed by atoms with van der Waals surface area (Å²) in [7, 11) is 0. The molecule has 2 N–H and O–H groups in total. The van der Waals surface area contributed by atoms with Crippen LogP contribution in [0.4, 0.5) is 5.82 Å². The molecule has 5 nitrogen and oxygen atoms in total. The van der Waals surface area contributed by atoms with Crippen molar-refractivity contribution in [2.45, 2.75) is 17.5 Å². The Morgan fingerprint density at radius 1 is 1.38 bits per heavy atom. The number of terminal acetylenes is 1. The Kier molecular flexibility index (Phi) is 4.86. The SMILES string of the molecule is C#CCSc1nc2c(c(=O)[nH]1)[C@@H](c1ccc(Cl)cc1Cl)CC(=O)N2. The highest BCUT2D eigenvalue weighted by molar-refractivity contribution is 7.99. The molecule has 24 heavy (non-hydrogen) atoms. The van der Waals surface area contributed by atoms with Gasteiger partial charge in [-0.1, -0.05) is 47.0 Å². The number of halogens is 2. The van der Waals surface area contributed by atoms with Gasteiger partial charge in [0.25, 0.3) is 5.56 Å². The molecule has 0 bridgehead atoms. The fourth-order valence-electron chi connectivity index (χ4n) is 2.58. The largest absolute Gasteiger partial charge is 0.310 e. The number of aromatic amines is 1. The van der Waals surface area contributed by atoms with Gasteiger partial charge in [-0.05, 0) is 17.7 Å². The smallest absolute Gasteiger partial charge is 0.257 e. The maximum Gasteiger partial charge on any atom is 0.257 e. The standard InChI is InChI=1S/C16H11Cl2N3O2S/c1-2-5-24-16-20-14-13(15(23)21-16)10(7-12(22)19-14)9-4-3-8(17)6-11(9)18/h1,3-4,6,10H,5,7H2,(H2,19,20,21,22,23)/t10-/m1/s1. The first-order chi connectivity index (χ1) is 11.5. The molecule has 0 unspecified atom stereocenters. The number of benzene rings is 1. The van der Waals surface area contributed by atoms with Crippen LogP contribution >= 0.6 is 35.0 Å². The van der Waals surface area contributed by atoms with Gasteiger partial charge in [-0.3, -0.25) is 9.59 Å². The zero-order valence-corrected chi connectivity index (χ0v) is 14.6. The molecular weight excluding hydrogens is 369 g/mol. The first kappa shape index (κ1) is 16.9. The van der Waals surface area contributed by atoms with Crippen molar-refractivity contribution in [3.05, 3.63) is 49.7 Å².